The Hall–Kier alpha value is -2.25. The summed E-state index contributed by atoms with van der Waals surface area (Å²) in [7, 11) is 1.81. The first-order valence-corrected chi connectivity index (χ1v) is 6.03. The lowest BCUT2D eigenvalue weighted by Crippen LogP contribution is -2.16. The molecule has 0 aliphatic rings. The van der Waals surface area contributed by atoms with E-state index in [2.05, 4.69) is 20.3 Å². The SMILES string of the molecule is CCOC(=O)c1nnc(C)n1CCc1ncn(C)n1. The topological polar surface area (TPSA) is 87.7 Å². The zero-order valence-corrected chi connectivity index (χ0v) is 11.2. The van der Waals surface area contributed by atoms with E-state index in [0.29, 0.717) is 31.2 Å². The van der Waals surface area contributed by atoms with Crippen molar-refractivity contribution in [2.75, 3.05) is 6.61 Å². The Morgan fingerprint density at radius 1 is 1.42 bits per heavy atom. The smallest absolute Gasteiger partial charge is 0.376 e. The predicted octanol–water partition coefficient (Wildman–Crippen LogP) is 0.134. The van der Waals surface area contributed by atoms with Crippen LogP contribution >= 0.6 is 0 Å². The van der Waals surface area contributed by atoms with E-state index in [4.69, 9.17) is 4.74 Å². The number of rotatable bonds is 5. The third kappa shape index (κ3) is 2.95. The van der Waals surface area contributed by atoms with Gasteiger partial charge in [-0.3, -0.25) is 4.68 Å². The molecule has 0 aliphatic carbocycles. The fourth-order valence-electron chi connectivity index (χ4n) is 1.71. The van der Waals surface area contributed by atoms with Crippen molar-refractivity contribution >= 4 is 5.97 Å². The van der Waals surface area contributed by atoms with Gasteiger partial charge >= 0.3 is 5.97 Å². The Labute approximate surface area is 110 Å². The molecule has 2 aromatic rings. The molecule has 0 saturated carbocycles. The molecule has 0 aromatic carbocycles. The molecule has 0 aliphatic heterocycles. The standard InChI is InChI=1S/C11H16N6O2/c1-4-19-11(18)10-14-13-8(2)17(10)6-5-9-12-7-16(3)15-9/h7H,4-6H2,1-3H3. The van der Waals surface area contributed by atoms with Crippen molar-refractivity contribution in [3.8, 4) is 0 Å². The van der Waals surface area contributed by atoms with Crippen LogP contribution in [0.2, 0.25) is 0 Å². The first-order valence-electron chi connectivity index (χ1n) is 6.03. The molecule has 8 nitrogen and oxygen atoms in total. The van der Waals surface area contributed by atoms with Crippen LogP contribution in [0.3, 0.4) is 0 Å². The third-order valence-electron chi connectivity index (χ3n) is 2.60. The molecule has 0 amide bonds. The molecule has 8 heteroatoms. The maximum absolute atomic E-state index is 11.7. The van der Waals surface area contributed by atoms with Crippen LogP contribution in [0.15, 0.2) is 6.33 Å². The van der Waals surface area contributed by atoms with Crippen LogP contribution in [0.5, 0.6) is 0 Å². The van der Waals surface area contributed by atoms with E-state index in [0.717, 1.165) is 0 Å². The molecular weight excluding hydrogens is 248 g/mol. The highest BCUT2D eigenvalue weighted by atomic mass is 16.5. The van der Waals surface area contributed by atoms with E-state index in [-0.39, 0.29) is 5.82 Å². The second-order valence-corrected chi connectivity index (χ2v) is 4.03. The van der Waals surface area contributed by atoms with Crippen LogP contribution in [-0.4, -0.2) is 42.1 Å². The van der Waals surface area contributed by atoms with Crippen molar-refractivity contribution in [3.63, 3.8) is 0 Å². The van der Waals surface area contributed by atoms with Crippen LogP contribution in [-0.2, 0) is 24.8 Å². The number of carbonyl (C=O) groups is 1. The van der Waals surface area contributed by atoms with Gasteiger partial charge < -0.3 is 9.30 Å². The van der Waals surface area contributed by atoms with Gasteiger partial charge in [0.2, 0.25) is 5.82 Å². The molecule has 0 unspecified atom stereocenters. The van der Waals surface area contributed by atoms with Crippen molar-refractivity contribution in [2.24, 2.45) is 7.05 Å². The minimum absolute atomic E-state index is 0.218. The first kappa shape index (κ1) is 13.2. The van der Waals surface area contributed by atoms with Crippen molar-refractivity contribution in [1.29, 1.82) is 0 Å². The molecule has 0 bridgehead atoms. The minimum Gasteiger partial charge on any atom is -0.460 e. The van der Waals surface area contributed by atoms with E-state index in [1.54, 1.807) is 29.4 Å². The summed E-state index contributed by atoms with van der Waals surface area (Å²) in [6, 6.07) is 0. The molecule has 102 valence electrons. The van der Waals surface area contributed by atoms with Crippen molar-refractivity contribution in [1.82, 2.24) is 29.5 Å². The molecule has 0 atom stereocenters. The minimum atomic E-state index is -0.461. The Kier molecular flexibility index (Phi) is 3.88. The lowest BCUT2D eigenvalue weighted by Gasteiger charge is -2.06. The number of esters is 1. The fourth-order valence-corrected chi connectivity index (χ4v) is 1.71. The Morgan fingerprint density at radius 3 is 2.84 bits per heavy atom. The maximum atomic E-state index is 11.7. The third-order valence-corrected chi connectivity index (χ3v) is 2.60. The highest BCUT2D eigenvalue weighted by Crippen LogP contribution is 2.05. The molecule has 19 heavy (non-hydrogen) atoms. The highest BCUT2D eigenvalue weighted by molar-refractivity contribution is 5.85. The summed E-state index contributed by atoms with van der Waals surface area (Å²) in [4.78, 5) is 15.9. The van der Waals surface area contributed by atoms with Gasteiger partial charge in [-0.1, -0.05) is 0 Å². The molecule has 0 N–H and O–H groups in total. The largest absolute Gasteiger partial charge is 0.460 e. The molecular formula is C11H16N6O2. The normalized spacial score (nSPS) is 10.7. The van der Waals surface area contributed by atoms with Crippen molar-refractivity contribution in [3.05, 3.63) is 23.8 Å². The van der Waals surface area contributed by atoms with Gasteiger partial charge in [0.25, 0.3) is 0 Å². The van der Waals surface area contributed by atoms with Crippen molar-refractivity contribution in [2.45, 2.75) is 26.8 Å². The van der Waals surface area contributed by atoms with Crippen LogP contribution < -0.4 is 0 Å². The van der Waals surface area contributed by atoms with Gasteiger partial charge in [-0.15, -0.1) is 10.2 Å². The second kappa shape index (κ2) is 5.59. The zero-order chi connectivity index (χ0) is 13.8. The average Bonchev–Trinajstić information content (AvgIpc) is 2.94. The summed E-state index contributed by atoms with van der Waals surface area (Å²) < 4.78 is 8.30. The van der Waals surface area contributed by atoms with Gasteiger partial charge in [0, 0.05) is 20.0 Å². The van der Waals surface area contributed by atoms with Gasteiger partial charge in [-0.25, -0.2) is 9.78 Å². The molecule has 0 spiro atoms. The molecule has 0 fully saturated rings. The van der Waals surface area contributed by atoms with E-state index >= 15 is 0 Å². The predicted molar refractivity (Wildman–Crippen MR) is 65.4 cm³/mol. The molecule has 2 heterocycles. The molecule has 2 aromatic heterocycles. The molecule has 2 rings (SSSR count). The lowest BCUT2D eigenvalue weighted by atomic mass is 10.4. The van der Waals surface area contributed by atoms with Gasteiger partial charge in [0.15, 0.2) is 5.82 Å². The Balaban J connectivity index is 2.11. The summed E-state index contributed by atoms with van der Waals surface area (Å²) >= 11 is 0. The molecule has 0 saturated heterocycles. The number of aromatic nitrogens is 6. The van der Waals surface area contributed by atoms with Crippen LogP contribution in [0.4, 0.5) is 0 Å². The van der Waals surface area contributed by atoms with E-state index in [1.165, 1.54) is 0 Å². The number of ether oxygens (including phenoxy) is 1. The number of hydrogen-bond acceptors (Lipinski definition) is 6. The number of hydrogen-bond donors (Lipinski definition) is 0. The van der Waals surface area contributed by atoms with Crippen molar-refractivity contribution < 1.29 is 9.53 Å². The summed E-state index contributed by atoms with van der Waals surface area (Å²) in [6.45, 7) is 4.40. The number of nitrogens with zero attached hydrogens (tertiary/aromatic N) is 6. The van der Waals surface area contributed by atoms with E-state index in [1.807, 2.05) is 7.05 Å². The average molecular weight is 264 g/mol. The van der Waals surface area contributed by atoms with E-state index < -0.39 is 5.97 Å². The zero-order valence-electron chi connectivity index (χ0n) is 11.2. The summed E-state index contributed by atoms with van der Waals surface area (Å²) in [6.07, 6.45) is 2.24. The Morgan fingerprint density at radius 2 is 2.21 bits per heavy atom. The summed E-state index contributed by atoms with van der Waals surface area (Å²) in [5.41, 5.74) is 0. The fraction of sp³-hybridized carbons (Fsp3) is 0.545. The van der Waals surface area contributed by atoms with Gasteiger partial charge in [-0.05, 0) is 13.8 Å². The summed E-state index contributed by atoms with van der Waals surface area (Å²) in [5.74, 6) is 1.14. The van der Waals surface area contributed by atoms with Crippen LogP contribution in [0.1, 0.15) is 29.2 Å². The van der Waals surface area contributed by atoms with Gasteiger partial charge in [0.1, 0.15) is 12.2 Å². The van der Waals surface area contributed by atoms with Crippen LogP contribution in [0, 0.1) is 6.92 Å². The second-order valence-electron chi connectivity index (χ2n) is 4.03. The number of aryl methyl sites for hydroxylation is 3. The Bertz CT molecular complexity index is 574. The number of carbonyl (C=O) groups excluding carboxylic acids is 1. The van der Waals surface area contributed by atoms with E-state index in [9.17, 15) is 4.79 Å². The highest BCUT2D eigenvalue weighted by Gasteiger charge is 2.18. The monoisotopic (exact) mass is 264 g/mol. The van der Waals surface area contributed by atoms with Crippen LogP contribution in [0.25, 0.3) is 0 Å². The van der Waals surface area contributed by atoms with Gasteiger partial charge in [-0.2, -0.15) is 5.10 Å². The lowest BCUT2D eigenvalue weighted by molar-refractivity contribution is 0.0505. The molecule has 0 radical (unpaired) electrons. The summed E-state index contributed by atoms with van der Waals surface area (Å²) in [5, 5.41) is 11.9. The maximum Gasteiger partial charge on any atom is 0.376 e. The quantitative estimate of drug-likeness (QED) is 0.713. The first-order chi connectivity index (χ1) is 9.11. The van der Waals surface area contributed by atoms with Gasteiger partial charge in [0.05, 0.1) is 6.61 Å².